The average Bonchev–Trinajstić information content (AvgIpc) is 2.41. The van der Waals surface area contributed by atoms with Crippen LogP contribution in [0.1, 0.15) is 41.5 Å². The van der Waals surface area contributed by atoms with Gasteiger partial charge in [-0.15, -0.1) is 0 Å². The molecular formula is C16H31NO8. The van der Waals surface area contributed by atoms with Crippen LogP contribution in [0.3, 0.4) is 0 Å². The van der Waals surface area contributed by atoms with Crippen LogP contribution in [0.5, 0.6) is 0 Å². The predicted molar refractivity (Wildman–Crippen MR) is 89.0 cm³/mol. The normalized spacial score (nSPS) is 12.0. The van der Waals surface area contributed by atoms with E-state index >= 15 is 0 Å². The van der Waals surface area contributed by atoms with Crippen LogP contribution in [-0.4, -0.2) is 73.2 Å². The highest BCUT2D eigenvalue weighted by Crippen LogP contribution is 2.14. The number of carbonyl (C=O) groups is 2. The second-order valence-electron chi connectivity index (χ2n) is 7.04. The summed E-state index contributed by atoms with van der Waals surface area (Å²) in [5, 5.41) is 9.00. The molecule has 0 aromatic heterocycles. The maximum absolute atomic E-state index is 12.1. The van der Waals surface area contributed by atoms with E-state index in [1.165, 1.54) is 0 Å². The highest BCUT2D eigenvalue weighted by molar-refractivity contribution is 5.86. The minimum absolute atomic E-state index is 0.0517. The Morgan fingerprint density at radius 1 is 0.760 bits per heavy atom. The highest BCUT2D eigenvalue weighted by atomic mass is 16.8. The maximum Gasteiger partial charge on any atom is 0.444 e. The van der Waals surface area contributed by atoms with Crippen molar-refractivity contribution < 1.29 is 38.5 Å². The Labute approximate surface area is 149 Å². The van der Waals surface area contributed by atoms with E-state index in [-0.39, 0.29) is 26.4 Å². The van der Waals surface area contributed by atoms with Crippen LogP contribution in [0.4, 0.5) is 9.59 Å². The number of aliphatic hydroxyl groups excluding tert-OH is 1. The molecule has 0 unspecified atom stereocenters. The summed E-state index contributed by atoms with van der Waals surface area (Å²) in [6.45, 7) is 10.9. The third-order valence-corrected chi connectivity index (χ3v) is 2.17. The maximum atomic E-state index is 12.1. The summed E-state index contributed by atoms with van der Waals surface area (Å²) >= 11 is 0. The molecule has 0 saturated carbocycles. The molecule has 0 aliphatic rings. The molecule has 9 nitrogen and oxygen atoms in total. The first-order valence-electron chi connectivity index (χ1n) is 8.11. The Morgan fingerprint density at radius 2 is 1.16 bits per heavy atom. The molecule has 148 valence electrons. The van der Waals surface area contributed by atoms with Gasteiger partial charge in [0.15, 0.2) is 0 Å². The van der Waals surface area contributed by atoms with Gasteiger partial charge in [-0.3, -0.25) is 4.84 Å². The van der Waals surface area contributed by atoms with E-state index in [4.69, 9.17) is 28.9 Å². The van der Waals surface area contributed by atoms with Crippen molar-refractivity contribution in [3.05, 3.63) is 0 Å². The van der Waals surface area contributed by atoms with Gasteiger partial charge >= 0.3 is 12.2 Å². The number of ether oxygens (including phenoxy) is 4. The van der Waals surface area contributed by atoms with E-state index in [2.05, 4.69) is 0 Å². The molecule has 0 aliphatic carbocycles. The number of amides is 2. The van der Waals surface area contributed by atoms with Gasteiger partial charge in [-0.05, 0) is 41.5 Å². The third-order valence-electron chi connectivity index (χ3n) is 2.17. The molecular weight excluding hydrogens is 334 g/mol. The molecule has 0 heterocycles. The summed E-state index contributed by atoms with van der Waals surface area (Å²) in [4.78, 5) is 29.4. The number of imide groups is 1. The van der Waals surface area contributed by atoms with Gasteiger partial charge in [0.05, 0.1) is 39.6 Å². The number of hydrogen-bond acceptors (Lipinski definition) is 8. The fourth-order valence-electron chi connectivity index (χ4n) is 1.36. The summed E-state index contributed by atoms with van der Waals surface area (Å²) in [7, 11) is 0. The van der Waals surface area contributed by atoms with Gasteiger partial charge in [-0.25, -0.2) is 9.59 Å². The van der Waals surface area contributed by atoms with E-state index in [1.807, 2.05) is 0 Å². The van der Waals surface area contributed by atoms with E-state index < -0.39 is 23.4 Å². The second-order valence-corrected chi connectivity index (χ2v) is 7.04. The number of hydrogen-bond donors (Lipinski definition) is 1. The first-order chi connectivity index (χ1) is 11.5. The zero-order chi connectivity index (χ0) is 19.5. The van der Waals surface area contributed by atoms with Gasteiger partial charge in [0.1, 0.15) is 11.2 Å². The van der Waals surface area contributed by atoms with Crippen LogP contribution in [0, 0.1) is 0 Å². The van der Waals surface area contributed by atoms with Crippen molar-refractivity contribution in [2.45, 2.75) is 52.7 Å². The molecule has 0 aliphatic heterocycles. The van der Waals surface area contributed by atoms with Crippen molar-refractivity contribution >= 4 is 12.2 Å². The van der Waals surface area contributed by atoms with Crippen LogP contribution in [0.15, 0.2) is 0 Å². The summed E-state index contributed by atoms with van der Waals surface area (Å²) in [6, 6.07) is 0. The van der Waals surface area contributed by atoms with Crippen LogP contribution in [-0.2, 0) is 23.8 Å². The van der Waals surface area contributed by atoms with Crippen molar-refractivity contribution in [3.8, 4) is 0 Å². The number of aliphatic hydroxyl groups is 1. The molecule has 1 N–H and O–H groups in total. The lowest BCUT2D eigenvalue weighted by atomic mass is 10.2. The van der Waals surface area contributed by atoms with Crippen LogP contribution in [0.25, 0.3) is 0 Å². The largest absolute Gasteiger partial charge is 0.444 e. The number of nitrogens with zero attached hydrogens (tertiary/aromatic N) is 1. The fourth-order valence-corrected chi connectivity index (χ4v) is 1.36. The van der Waals surface area contributed by atoms with Gasteiger partial charge in [0, 0.05) is 0 Å². The zero-order valence-corrected chi connectivity index (χ0v) is 16.0. The monoisotopic (exact) mass is 365 g/mol. The first kappa shape index (κ1) is 23.6. The highest BCUT2D eigenvalue weighted by Gasteiger charge is 2.32. The molecule has 9 heteroatoms. The number of rotatable bonds is 9. The van der Waals surface area contributed by atoms with Gasteiger partial charge < -0.3 is 24.1 Å². The Bertz CT molecular complexity index is 372. The van der Waals surface area contributed by atoms with Crippen LogP contribution >= 0.6 is 0 Å². The molecule has 0 bridgehead atoms. The fraction of sp³-hybridized carbons (Fsp3) is 0.875. The van der Waals surface area contributed by atoms with E-state index in [0.29, 0.717) is 18.3 Å². The molecule has 0 aromatic rings. The Morgan fingerprint density at radius 3 is 1.56 bits per heavy atom. The lowest BCUT2D eigenvalue weighted by Crippen LogP contribution is -2.44. The Hall–Kier alpha value is -1.42. The average molecular weight is 365 g/mol. The lowest BCUT2D eigenvalue weighted by Gasteiger charge is -2.27. The number of carbonyl (C=O) groups excluding carboxylic acids is 2. The van der Waals surface area contributed by atoms with Gasteiger partial charge in [-0.1, -0.05) is 5.06 Å². The molecule has 0 saturated heterocycles. The molecule has 0 spiro atoms. The first-order valence-corrected chi connectivity index (χ1v) is 8.11. The third kappa shape index (κ3) is 13.5. The van der Waals surface area contributed by atoms with E-state index in [9.17, 15) is 9.59 Å². The predicted octanol–water partition coefficient (Wildman–Crippen LogP) is 2.12. The zero-order valence-electron chi connectivity index (χ0n) is 16.0. The second kappa shape index (κ2) is 11.2. The van der Waals surface area contributed by atoms with Gasteiger partial charge in [0.2, 0.25) is 0 Å². The van der Waals surface area contributed by atoms with E-state index in [0.717, 1.165) is 0 Å². The Kier molecular flexibility index (Phi) is 10.6. The topological polar surface area (TPSA) is 104 Å². The summed E-state index contributed by atoms with van der Waals surface area (Å²) < 4.78 is 20.5. The standard InChI is InChI=1S/C16H31NO8/c1-15(2,3)24-13(19)17(14(20)25-16(4,5)6)23-12-11-22-10-9-21-8-7-18/h18H,7-12H2,1-6H3. The minimum atomic E-state index is -0.965. The lowest BCUT2D eigenvalue weighted by molar-refractivity contribution is -0.148. The van der Waals surface area contributed by atoms with Gasteiger partial charge in [0.25, 0.3) is 0 Å². The molecule has 25 heavy (non-hydrogen) atoms. The molecule has 0 radical (unpaired) electrons. The smallest absolute Gasteiger partial charge is 0.442 e. The summed E-state index contributed by atoms with van der Waals surface area (Å²) in [5.41, 5.74) is -1.58. The molecule has 0 atom stereocenters. The minimum Gasteiger partial charge on any atom is -0.442 e. The summed E-state index contributed by atoms with van der Waals surface area (Å²) in [5.74, 6) is 0. The van der Waals surface area contributed by atoms with Crippen LogP contribution < -0.4 is 0 Å². The quantitative estimate of drug-likeness (QED) is 0.489. The number of hydroxylamine groups is 2. The van der Waals surface area contributed by atoms with Crippen molar-refractivity contribution in [1.29, 1.82) is 0 Å². The van der Waals surface area contributed by atoms with Crippen molar-refractivity contribution in [3.63, 3.8) is 0 Å². The Balaban J connectivity index is 4.45. The molecule has 0 fully saturated rings. The van der Waals surface area contributed by atoms with Crippen molar-refractivity contribution in [2.75, 3.05) is 39.6 Å². The van der Waals surface area contributed by atoms with Crippen molar-refractivity contribution in [2.24, 2.45) is 0 Å². The van der Waals surface area contributed by atoms with Gasteiger partial charge in [-0.2, -0.15) is 0 Å². The molecule has 0 aromatic carbocycles. The SMILES string of the molecule is CC(C)(C)OC(=O)N(OCCOCCOCCO)C(=O)OC(C)(C)C. The summed E-state index contributed by atoms with van der Waals surface area (Å²) in [6.07, 6.45) is -1.93. The van der Waals surface area contributed by atoms with Crippen LogP contribution in [0.2, 0.25) is 0 Å². The van der Waals surface area contributed by atoms with Crippen molar-refractivity contribution in [1.82, 2.24) is 5.06 Å². The van der Waals surface area contributed by atoms with E-state index in [1.54, 1.807) is 41.5 Å². The molecule has 2 amide bonds. The molecule has 0 rings (SSSR count).